The lowest BCUT2D eigenvalue weighted by atomic mass is 10.0. The van der Waals surface area contributed by atoms with E-state index in [1.807, 2.05) is 42.5 Å². The third-order valence-electron chi connectivity index (χ3n) is 5.19. The highest BCUT2D eigenvalue weighted by Gasteiger charge is 2.24. The number of benzene rings is 2. The molecule has 5 heteroatoms. The molecule has 3 rings (SSSR count). The van der Waals surface area contributed by atoms with E-state index in [4.69, 9.17) is 10.5 Å². The number of nitrogens with zero attached hydrogens (tertiary/aromatic N) is 1. The lowest BCUT2D eigenvalue weighted by Gasteiger charge is -2.28. The van der Waals surface area contributed by atoms with Gasteiger partial charge in [-0.15, -0.1) is 0 Å². The molecule has 1 fully saturated rings. The Labute approximate surface area is 161 Å². The minimum atomic E-state index is -0.284. The van der Waals surface area contributed by atoms with E-state index in [-0.39, 0.29) is 24.4 Å². The summed E-state index contributed by atoms with van der Waals surface area (Å²) in [5.74, 6) is 0.826. The number of likely N-dealkylation sites (tertiary alicyclic amines) is 1. The van der Waals surface area contributed by atoms with Crippen LogP contribution in [0.25, 0.3) is 0 Å². The van der Waals surface area contributed by atoms with Crippen molar-refractivity contribution >= 4 is 5.91 Å². The van der Waals surface area contributed by atoms with Gasteiger partial charge in [-0.1, -0.05) is 42.5 Å². The monoisotopic (exact) mass is 367 g/mol. The minimum Gasteiger partial charge on any atom is -0.497 e. The number of carbonyl (C=O) groups is 1. The molecular weight excluding hydrogens is 338 g/mol. The number of carbonyl (C=O) groups excluding carboxylic acids is 1. The molecule has 0 saturated carbocycles. The summed E-state index contributed by atoms with van der Waals surface area (Å²) >= 11 is 0. The number of methoxy groups -OCH3 is 1. The molecule has 0 aromatic heterocycles. The van der Waals surface area contributed by atoms with Crippen molar-refractivity contribution in [3.63, 3.8) is 0 Å². The van der Waals surface area contributed by atoms with E-state index in [0.29, 0.717) is 6.54 Å². The maximum atomic E-state index is 12.5. The maximum absolute atomic E-state index is 12.5. The van der Waals surface area contributed by atoms with Gasteiger partial charge in [0.05, 0.1) is 13.2 Å². The molecule has 1 aliphatic rings. The summed E-state index contributed by atoms with van der Waals surface area (Å²) in [6.07, 6.45) is 2.69. The van der Waals surface area contributed by atoms with Gasteiger partial charge in [0.1, 0.15) is 5.75 Å². The lowest BCUT2D eigenvalue weighted by Crippen LogP contribution is -2.37. The molecule has 2 aromatic carbocycles. The molecule has 0 bridgehead atoms. The maximum Gasteiger partial charge on any atom is 0.221 e. The van der Waals surface area contributed by atoms with Crippen LogP contribution in [0.1, 0.15) is 42.5 Å². The Bertz CT molecular complexity index is 729. The third-order valence-corrected chi connectivity index (χ3v) is 5.19. The van der Waals surface area contributed by atoms with Crippen LogP contribution in [0.3, 0.4) is 0 Å². The van der Waals surface area contributed by atoms with Crippen molar-refractivity contribution in [2.75, 3.05) is 26.7 Å². The number of hydrogen-bond acceptors (Lipinski definition) is 4. The van der Waals surface area contributed by atoms with Crippen LogP contribution < -0.4 is 15.8 Å². The van der Waals surface area contributed by atoms with Gasteiger partial charge in [-0.2, -0.15) is 0 Å². The average Bonchev–Trinajstić information content (AvgIpc) is 3.23. The summed E-state index contributed by atoms with van der Waals surface area (Å²) in [5, 5.41) is 3.09. The van der Waals surface area contributed by atoms with Crippen molar-refractivity contribution in [2.24, 2.45) is 5.73 Å². The molecule has 1 aliphatic heterocycles. The lowest BCUT2D eigenvalue weighted by molar-refractivity contribution is -0.121. The molecule has 144 valence electrons. The molecule has 5 nitrogen and oxygen atoms in total. The molecule has 27 heavy (non-hydrogen) atoms. The molecule has 2 unspecified atom stereocenters. The summed E-state index contributed by atoms with van der Waals surface area (Å²) in [4.78, 5) is 14.9. The Balaban J connectivity index is 1.63. The normalized spacial score (nSPS) is 16.7. The van der Waals surface area contributed by atoms with Crippen molar-refractivity contribution in [1.82, 2.24) is 10.2 Å². The fourth-order valence-electron chi connectivity index (χ4n) is 3.66. The van der Waals surface area contributed by atoms with E-state index < -0.39 is 0 Å². The van der Waals surface area contributed by atoms with Crippen molar-refractivity contribution in [3.8, 4) is 5.75 Å². The highest BCUT2D eigenvalue weighted by molar-refractivity contribution is 5.76. The van der Waals surface area contributed by atoms with Crippen LogP contribution in [0.4, 0.5) is 0 Å². The second kappa shape index (κ2) is 9.53. The number of nitrogens with one attached hydrogen (secondary N) is 1. The van der Waals surface area contributed by atoms with E-state index in [1.54, 1.807) is 7.11 Å². The standard InChI is InChI=1S/C22H29N3O2/c1-27-19-11-7-10-18(14-19)21(25-12-5-6-13-25)16-24-22(26)15-20(23)17-8-3-2-4-9-17/h2-4,7-11,14,20-21H,5-6,12-13,15-16,23H2,1H3,(H,24,26). The van der Waals surface area contributed by atoms with Crippen molar-refractivity contribution in [1.29, 1.82) is 0 Å². The number of rotatable bonds is 8. The number of amides is 1. The fraction of sp³-hybridized carbons (Fsp3) is 0.409. The highest BCUT2D eigenvalue weighted by Crippen LogP contribution is 2.27. The van der Waals surface area contributed by atoms with Crippen LogP contribution in [0.2, 0.25) is 0 Å². The Morgan fingerprint density at radius 1 is 1.11 bits per heavy atom. The van der Waals surface area contributed by atoms with Gasteiger partial charge < -0.3 is 15.8 Å². The molecule has 2 aromatic rings. The molecular formula is C22H29N3O2. The average molecular weight is 367 g/mol. The minimum absolute atomic E-state index is 0.0153. The van der Waals surface area contributed by atoms with E-state index in [2.05, 4.69) is 22.3 Å². The zero-order chi connectivity index (χ0) is 19.1. The van der Waals surface area contributed by atoms with Crippen LogP contribution >= 0.6 is 0 Å². The fourth-order valence-corrected chi connectivity index (χ4v) is 3.66. The molecule has 0 spiro atoms. The number of nitrogens with two attached hydrogens (primary N) is 1. The highest BCUT2D eigenvalue weighted by atomic mass is 16.5. The predicted molar refractivity (Wildman–Crippen MR) is 108 cm³/mol. The van der Waals surface area contributed by atoms with Gasteiger partial charge in [0.15, 0.2) is 0 Å². The molecule has 1 amide bonds. The van der Waals surface area contributed by atoms with Crippen LogP contribution in [0.15, 0.2) is 54.6 Å². The predicted octanol–water partition coefficient (Wildman–Crippen LogP) is 3.04. The number of hydrogen-bond donors (Lipinski definition) is 2. The quantitative estimate of drug-likeness (QED) is 0.753. The second-order valence-electron chi connectivity index (χ2n) is 7.06. The number of ether oxygens (including phenoxy) is 1. The Kier molecular flexibility index (Phi) is 6.85. The molecule has 0 radical (unpaired) electrons. The molecule has 1 saturated heterocycles. The van der Waals surface area contributed by atoms with Crippen molar-refractivity contribution in [3.05, 3.63) is 65.7 Å². The van der Waals surface area contributed by atoms with Gasteiger partial charge >= 0.3 is 0 Å². The first-order chi connectivity index (χ1) is 13.2. The first-order valence-corrected chi connectivity index (χ1v) is 9.62. The zero-order valence-corrected chi connectivity index (χ0v) is 15.9. The molecule has 1 heterocycles. The summed E-state index contributed by atoms with van der Waals surface area (Å²) in [7, 11) is 1.68. The topological polar surface area (TPSA) is 67.6 Å². The van der Waals surface area contributed by atoms with Gasteiger partial charge in [0, 0.05) is 19.0 Å². The summed E-state index contributed by atoms with van der Waals surface area (Å²) in [6.45, 7) is 2.69. The summed E-state index contributed by atoms with van der Waals surface area (Å²) in [5.41, 5.74) is 8.34. The van der Waals surface area contributed by atoms with Crippen LogP contribution in [-0.4, -0.2) is 37.6 Å². The third kappa shape index (κ3) is 5.31. The largest absolute Gasteiger partial charge is 0.497 e. The summed E-state index contributed by atoms with van der Waals surface area (Å²) in [6, 6.07) is 17.7. The first kappa shape index (κ1) is 19.4. The van der Waals surface area contributed by atoms with Gasteiger partial charge in [-0.3, -0.25) is 9.69 Å². The van der Waals surface area contributed by atoms with E-state index in [0.717, 1.165) is 24.4 Å². The molecule has 3 N–H and O–H groups in total. The first-order valence-electron chi connectivity index (χ1n) is 9.62. The van der Waals surface area contributed by atoms with Gasteiger partial charge in [0.2, 0.25) is 5.91 Å². The SMILES string of the molecule is COc1cccc(C(CNC(=O)CC(N)c2ccccc2)N2CCCC2)c1. The van der Waals surface area contributed by atoms with Crippen LogP contribution in [0.5, 0.6) is 5.75 Å². The van der Waals surface area contributed by atoms with Gasteiger partial charge in [-0.25, -0.2) is 0 Å². The van der Waals surface area contributed by atoms with Crippen LogP contribution in [0, 0.1) is 0 Å². The smallest absolute Gasteiger partial charge is 0.221 e. The molecule has 2 atom stereocenters. The Hall–Kier alpha value is -2.37. The molecule has 0 aliphatic carbocycles. The van der Waals surface area contributed by atoms with Gasteiger partial charge in [0.25, 0.3) is 0 Å². The Morgan fingerprint density at radius 2 is 1.81 bits per heavy atom. The van der Waals surface area contributed by atoms with E-state index in [1.165, 1.54) is 18.4 Å². The van der Waals surface area contributed by atoms with Crippen molar-refractivity contribution in [2.45, 2.75) is 31.3 Å². The van der Waals surface area contributed by atoms with Crippen LogP contribution in [-0.2, 0) is 4.79 Å². The van der Waals surface area contributed by atoms with Crippen molar-refractivity contribution < 1.29 is 9.53 Å². The van der Waals surface area contributed by atoms with E-state index in [9.17, 15) is 4.79 Å². The van der Waals surface area contributed by atoms with E-state index >= 15 is 0 Å². The Morgan fingerprint density at radius 3 is 2.52 bits per heavy atom. The second-order valence-corrected chi connectivity index (χ2v) is 7.06. The van der Waals surface area contributed by atoms with Gasteiger partial charge in [-0.05, 0) is 49.2 Å². The summed E-state index contributed by atoms with van der Waals surface area (Å²) < 4.78 is 5.37. The zero-order valence-electron chi connectivity index (χ0n) is 15.9.